The highest BCUT2D eigenvalue weighted by Gasteiger charge is 2.30. The standard InChI is InChI=1S/C14H10F3N3O/c15-14(16,17)8-20-12-4-2-1-3-11(12)19-13(20)9-5-10(21)7-18-6-9/h1-7,21H,8H2. The largest absolute Gasteiger partial charge is 0.506 e. The summed E-state index contributed by atoms with van der Waals surface area (Å²) in [4.78, 5) is 8.00. The fourth-order valence-corrected chi connectivity index (χ4v) is 2.19. The van der Waals surface area contributed by atoms with Crippen LogP contribution in [-0.4, -0.2) is 25.8 Å². The molecule has 7 heteroatoms. The molecule has 108 valence electrons. The van der Waals surface area contributed by atoms with E-state index in [-0.39, 0.29) is 11.6 Å². The third-order valence-electron chi connectivity index (χ3n) is 2.97. The van der Waals surface area contributed by atoms with Gasteiger partial charge in [0, 0.05) is 11.8 Å². The monoisotopic (exact) mass is 293 g/mol. The summed E-state index contributed by atoms with van der Waals surface area (Å²) in [6.45, 7) is -1.15. The molecule has 0 saturated heterocycles. The molecule has 0 aliphatic carbocycles. The molecule has 0 bridgehead atoms. The van der Waals surface area contributed by atoms with Gasteiger partial charge in [0.15, 0.2) is 0 Å². The Bertz CT molecular complexity index is 796. The topological polar surface area (TPSA) is 50.9 Å². The number of hydrogen-bond donors (Lipinski definition) is 1. The number of aromatic hydroxyl groups is 1. The zero-order valence-electron chi connectivity index (χ0n) is 10.7. The van der Waals surface area contributed by atoms with Gasteiger partial charge in [-0.25, -0.2) is 4.98 Å². The van der Waals surface area contributed by atoms with Crippen molar-refractivity contribution in [2.75, 3.05) is 0 Å². The van der Waals surface area contributed by atoms with Crippen molar-refractivity contribution in [1.29, 1.82) is 0 Å². The first-order chi connectivity index (χ1) is 9.94. The van der Waals surface area contributed by atoms with Gasteiger partial charge in [0.25, 0.3) is 0 Å². The smallest absolute Gasteiger partial charge is 0.406 e. The van der Waals surface area contributed by atoms with Crippen LogP contribution in [0.1, 0.15) is 0 Å². The van der Waals surface area contributed by atoms with E-state index in [4.69, 9.17) is 0 Å². The number of alkyl halides is 3. The van der Waals surface area contributed by atoms with Gasteiger partial charge in [-0.05, 0) is 18.2 Å². The molecule has 0 unspecified atom stereocenters. The lowest BCUT2D eigenvalue weighted by Gasteiger charge is -2.12. The highest BCUT2D eigenvalue weighted by atomic mass is 19.4. The Balaban J connectivity index is 2.24. The average Bonchev–Trinajstić information content (AvgIpc) is 2.76. The highest BCUT2D eigenvalue weighted by Crippen LogP contribution is 2.29. The maximum Gasteiger partial charge on any atom is 0.406 e. The van der Waals surface area contributed by atoms with E-state index in [0.717, 1.165) is 4.57 Å². The summed E-state index contributed by atoms with van der Waals surface area (Å²) in [5.74, 6) is -0.00459. The molecule has 0 amide bonds. The van der Waals surface area contributed by atoms with Gasteiger partial charge in [0.1, 0.15) is 18.1 Å². The molecular formula is C14H10F3N3O. The normalized spacial score (nSPS) is 12.0. The van der Waals surface area contributed by atoms with E-state index >= 15 is 0 Å². The minimum Gasteiger partial charge on any atom is -0.506 e. The number of hydrogen-bond acceptors (Lipinski definition) is 3. The number of halogens is 3. The van der Waals surface area contributed by atoms with E-state index in [1.807, 2.05) is 0 Å². The number of imidazole rings is 1. The Morgan fingerprint density at radius 2 is 1.90 bits per heavy atom. The highest BCUT2D eigenvalue weighted by molar-refractivity contribution is 5.80. The average molecular weight is 293 g/mol. The van der Waals surface area contributed by atoms with Crippen molar-refractivity contribution in [2.45, 2.75) is 12.7 Å². The van der Waals surface area contributed by atoms with Gasteiger partial charge in [0.2, 0.25) is 0 Å². The lowest BCUT2D eigenvalue weighted by molar-refractivity contribution is -0.139. The van der Waals surface area contributed by atoms with Crippen LogP contribution in [0.4, 0.5) is 13.2 Å². The first-order valence-electron chi connectivity index (χ1n) is 6.10. The zero-order chi connectivity index (χ0) is 15.0. The summed E-state index contributed by atoms with van der Waals surface area (Å²) < 4.78 is 39.5. The fraction of sp³-hybridized carbons (Fsp3) is 0.143. The molecular weight excluding hydrogens is 283 g/mol. The second-order valence-corrected chi connectivity index (χ2v) is 4.56. The van der Waals surface area contributed by atoms with Gasteiger partial charge in [-0.2, -0.15) is 13.2 Å². The molecule has 4 nitrogen and oxygen atoms in total. The van der Waals surface area contributed by atoms with Crippen molar-refractivity contribution < 1.29 is 18.3 Å². The van der Waals surface area contributed by atoms with Crippen LogP contribution in [0, 0.1) is 0 Å². The van der Waals surface area contributed by atoms with Crippen LogP contribution in [0.25, 0.3) is 22.4 Å². The van der Waals surface area contributed by atoms with Crippen LogP contribution in [0.2, 0.25) is 0 Å². The zero-order valence-corrected chi connectivity index (χ0v) is 10.7. The van der Waals surface area contributed by atoms with E-state index in [2.05, 4.69) is 9.97 Å². The summed E-state index contributed by atoms with van der Waals surface area (Å²) in [5.41, 5.74) is 1.17. The summed E-state index contributed by atoms with van der Waals surface area (Å²) in [5, 5.41) is 9.45. The van der Waals surface area contributed by atoms with Crippen molar-refractivity contribution >= 4 is 11.0 Å². The van der Waals surface area contributed by atoms with E-state index < -0.39 is 12.7 Å². The number of nitrogens with zero attached hydrogens (tertiary/aromatic N) is 3. The Labute approximate surface area is 117 Å². The number of aromatic nitrogens is 3. The predicted octanol–water partition coefficient (Wildman–Crippen LogP) is 3.37. The minimum absolute atomic E-state index is 0.122. The SMILES string of the molecule is Oc1cncc(-c2nc3ccccc3n2CC(F)(F)F)c1. The molecule has 0 aliphatic rings. The summed E-state index contributed by atoms with van der Waals surface area (Å²) in [6, 6.07) is 7.91. The van der Waals surface area contributed by atoms with Gasteiger partial charge in [-0.15, -0.1) is 0 Å². The molecule has 0 radical (unpaired) electrons. The van der Waals surface area contributed by atoms with Crippen LogP contribution in [0.3, 0.4) is 0 Å². The number of rotatable bonds is 2. The van der Waals surface area contributed by atoms with Crippen molar-refractivity contribution in [1.82, 2.24) is 14.5 Å². The van der Waals surface area contributed by atoms with Gasteiger partial charge in [-0.3, -0.25) is 4.98 Å². The Kier molecular flexibility index (Phi) is 3.04. The Morgan fingerprint density at radius 3 is 2.62 bits per heavy atom. The molecule has 21 heavy (non-hydrogen) atoms. The maximum atomic E-state index is 12.8. The van der Waals surface area contributed by atoms with Gasteiger partial charge < -0.3 is 9.67 Å². The number of pyridine rings is 1. The molecule has 0 spiro atoms. The molecule has 3 rings (SSSR count). The quantitative estimate of drug-likeness (QED) is 0.788. The van der Waals surface area contributed by atoms with E-state index in [0.29, 0.717) is 16.6 Å². The molecule has 3 aromatic rings. The lowest BCUT2D eigenvalue weighted by Crippen LogP contribution is -2.18. The molecule has 0 aliphatic heterocycles. The van der Waals surface area contributed by atoms with E-state index in [1.54, 1.807) is 24.3 Å². The molecule has 0 fully saturated rings. The van der Waals surface area contributed by atoms with Gasteiger partial charge >= 0.3 is 6.18 Å². The molecule has 0 atom stereocenters. The van der Waals surface area contributed by atoms with Crippen LogP contribution in [-0.2, 0) is 6.54 Å². The summed E-state index contributed by atoms with van der Waals surface area (Å²) in [6.07, 6.45) is -1.80. The number of benzene rings is 1. The number of fused-ring (bicyclic) bond motifs is 1. The summed E-state index contributed by atoms with van der Waals surface area (Å²) >= 11 is 0. The Hall–Kier alpha value is -2.57. The second-order valence-electron chi connectivity index (χ2n) is 4.56. The van der Waals surface area contributed by atoms with Crippen LogP contribution in [0.15, 0.2) is 42.7 Å². The van der Waals surface area contributed by atoms with Crippen LogP contribution < -0.4 is 0 Å². The fourth-order valence-electron chi connectivity index (χ4n) is 2.19. The molecule has 1 N–H and O–H groups in total. The number of para-hydroxylation sites is 2. The predicted molar refractivity (Wildman–Crippen MR) is 70.7 cm³/mol. The third-order valence-corrected chi connectivity index (χ3v) is 2.97. The van der Waals surface area contributed by atoms with E-state index in [1.165, 1.54) is 18.5 Å². The summed E-state index contributed by atoms with van der Waals surface area (Å²) in [7, 11) is 0. The van der Waals surface area contributed by atoms with Crippen molar-refractivity contribution in [3.63, 3.8) is 0 Å². The molecule has 1 aromatic carbocycles. The molecule has 2 aromatic heterocycles. The van der Waals surface area contributed by atoms with Gasteiger partial charge in [0.05, 0.1) is 17.2 Å². The Morgan fingerprint density at radius 1 is 1.14 bits per heavy atom. The maximum absolute atomic E-state index is 12.8. The lowest BCUT2D eigenvalue weighted by atomic mass is 10.2. The first-order valence-corrected chi connectivity index (χ1v) is 6.10. The van der Waals surface area contributed by atoms with Crippen LogP contribution in [0.5, 0.6) is 5.75 Å². The van der Waals surface area contributed by atoms with Crippen molar-refractivity contribution in [2.24, 2.45) is 0 Å². The van der Waals surface area contributed by atoms with Crippen molar-refractivity contribution in [3.05, 3.63) is 42.7 Å². The molecule has 0 saturated carbocycles. The minimum atomic E-state index is -4.37. The van der Waals surface area contributed by atoms with Crippen LogP contribution >= 0.6 is 0 Å². The third kappa shape index (κ3) is 2.67. The van der Waals surface area contributed by atoms with Gasteiger partial charge in [-0.1, -0.05) is 12.1 Å². The van der Waals surface area contributed by atoms with E-state index in [9.17, 15) is 18.3 Å². The second kappa shape index (κ2) is 4.76. The van der Waals surface area contributed by atoms with Crippen molar-refractivity contribution in [3.8, 4) is 17.1 Å². The molecule has 2 heterocycles. The first kappa shape index (κ1) is 13.4.